The highest BCUT2D eigenvalue weighted by molar-refractivity contribution is 9.10. The van der Waals surface area contributed by atoms with Crippen LogP contribution in [-0.2, 0) is 17.8 Å². The first-order chi connectivity index (χ1) is 13.5. The molecule has 3 nitrogen and oxygen atoms in total. The van der Waals surface area contributed by atoms with E-state index in [1.54, 1.807) is 0 Å². The minimum Gasteiger partial charge on any atom is -0.481 e. The van der Waals surface area contributed by atoms with E-state index in [0.717, 1.165) is 35.3 Å². The Labute approximate surface area is 178 Å². The van der Waals surface area contributed by atoms with Crippen LogP contribution in [0, 0.1) is 5.92 Å². The molecule has 5 heteroatoms. The molecule has 0 bridgehead atoms. The molecule has 2 aromatic carbocycles. The van der Waals surface area contributed by atoms with E-state index in [4.69, 9.17) is 11.6 Å². The fraction of sp³-hybridized carbons (Fsp3) is 0.348. The average molecular weight is 461 g/mol. The zero-order valence-corrected chi connectivity index (χ0v) is 18.1. The summed E-state index contributed by atoms with van der Waals surface area (Å²) in [5.74, 6) is -0.995. The number of halogens is 2. The number of carboxylic acid groups (broad SMARTS) is 1. The number of rotatable bonds is 5. The van der Waals surface area contributed by atoms with Crippen molar-refractivity contribution >= 4 is 44.4 Å². The number of benzene rings is 2. The van der Waals surface area contributed by atoms with Gasteiger partial charge in [0.2, 0.25) is 0 Å². The molecule has 1 heterocycles. The summed E-state index contributed by atoms with van der Waals surface area (Å²) in [6, 6.07) is 14.3. The first-order valence-corrected chi connectivity index (χ1v) is 10.9. The lowest BCUT2D eigenvalue weighted by molar-refractivity contribution is -0.142. The van der Waals surface area contributed by atoms with E-state index in [1.807, 2.05) is 31.2 Å². The molecule has 1 aliphatic rings. The van der Waals surface area contributed by atoms with Crippen molar-refractivity contribution in [2.24, 2.45) is 5.92 Å². The predicted octanol–water partition coefficient (Wildman–Crippen LogP) is 6.64. The maximum absolute atomic E-state index is 12.0. The Balaban J connectivity index is 1.92. The third-order valence-corrected chi connectivity index (χ3v) is 6.71. The molecule has 0 saturated heterocycles. The molecule has 0 spiro atoms. The van der Waals surface area contributed by atoms with Gasteiger partial charge >= 0.3 is 5.97 Å². The largest absolute Gasteiger partial charge is 0.481 e. The van der Waals surface area contributed by atoms with Gasteiger partial charge in [-0.2, -0.15) is 0 Å². The second kappa shape index (κ2) is 7.92. The van der Waals surface area contributed by atoms with Gasteiger partial charge in [0.05, 0.1) is 5.92 Å². The molecule has 3 aromatic rings. The molecule has 1 aliphatic carbocycles. The van der Waals surface area contributed by atoms with Gasteiger partial charge in [-0.1, -0.05) is 46.6 Å². The number of nitrogens with zero attached hydrogens (tertiary/aromatic N) is 1. The average Bonchev–Trinajstić information content (AvgIpc) is 2.98. The van der Waals surface area contributed by atoms with E-state index < -0.39 is 5.97 Å². The summed E-state index contributed by atoms with van der Waals surface area (Å²) < 4.78 is 3.40. The van der Waals surface area contributed by atoms with Crippen LogP contribution in [0.15, 0.2) is 46.9 Å². The molecule has 0 aliphatic heterocycles. The molecule has 0 amide bonds. The van der Waals surface area contributed by atoms with Crippen LogP contribution in [0.1, 0.15) is 48.9 Å². The monoisotopic (exact) mass is 459 g/mol. The molecular formula is C23H23BrClNO2. The van der Waals surface area contributed by atoms with Gasteiger partial charge in [-0.15, -0.1) is 0 Å². The van der Waals surface area contributed by atoms with Crippen LogP contribution in [0.3, 0.4) is 0 Å². The van der Waals surface area contributed by atoms with Gasteiger partial charge in [-0.05, 0) is 67.1 Å². The number of fused-ring (bicyclic) bond motifs is 3. The van der Waals surface area contributed by atoms with Crippen LogP contribution >= 0.6 is 27.5 Å². The molecule has 2 atom stereocenters. The fourth-order valence-electron chi connectivity index (χ4n) is 4.70. The molecule has 1 N–H and O–H groups in total. The van der Waals surface area contributed by atoms with Gasteiger partial charge in [-0.3, -0.25) is 4.79 Å². The highest BCUT2D eigenvalue weighted by Crippen LogP contribution is 2.44. The van der Waals surface area contributed by atoms with Crippen LogP contribution in [0.5, 0.6) is 0 Å². The van der Waals surface area contributed by atoms with E-state index in [0.29, 0.717) is 6.42 Å². The number of carbonyl (C=O) groups is 1. The molecule has 1 aromatic heterocycles. The van der Waals surface area contributed by atoms with E-state index in [2.05, 4.69) is 38.7 Å². The van der Waals surface area contributed by atoms with E-state index in [9.17, 15) is 9.90 Å². The third kappa shape index (κ3) is 3.48. The third-order valence-electron chi connectivity index (χ3n) is 5.96. The Morgan fingerprint density at radius 2 is 2.04 bits per heavy atom. The van der Waals surface area contributed by atoms with E-state index >= 15 is 0 Å². The normalized spacial score (nSPS) is 17.5. The van der Waals surface area contributed by atoms with Crippen molar-refractivity contribution in [3.05, 3.63) is 68.8 Å². The second-order valence-corrected chi connectivity index (χ2v) is 8.94. The lowest BCUT2D eigenvalue weighted by atomic mass is 9.77. The van der Waals surface area contributed by atoms with E-state index in [-0.39, 0.29) is 11.8 Å². The van der Waals surface area contributed by atoms with Crippen molar-refractivity contribution in [1.82, 2.24) is 4.57 Å². The van der Waals surface area contributed by atoms with E-state index in [1.165, 1.54) is 27.7 Å². The number of hydrogen-bond acceptors (Lipinski definition) is 1. The predicted molar refractivity (Wildman–Crippen MR) is 117 cm³/mol. The van der Waals surface area contributed by atoms with Crippen molar-refractivity contribution < 1.29 is 9.90 Å². The maximum atomic E-state index is 12.0. The van der Waals surface area contributed by atoms with Crippen molar-refractivity contribution in [3.8, 4) is 0 Å². The lowest BCUT2D eigenvalue weighted by Crippen LogP contribution is -2.27. The van der Waals surface area contributed by atoms with Gasteiger partial charge in [0.1, 0.15) is 0 Å². The number of carboxylic acids is 1. The molecular weight excluding hydrogens is 438 g/mol. The number of aliphatic carboxylic acids is 1. The lowest BCUT2D eigenvalue weighted by Gasteiger charge is -2.30. The van der Waals surface area contributed by atoms with Crippen LogP contribution in [0.25, 0.3) is 10.9 Å². The van der Waals surface area contributed by atoms with Crippen molar-refractivity contribution in [2.45, 2.75) is 45.1 Å². The Morgan fingerprint density at radius 3 is 2.71 bits per heavy atom. The smallest absolute Gasteiger partial charge is 0.307 e. The number of aryl methyl sites for hydroxylation is 1. The Bertz CT molecular complexity index is 1030. The fourth-order valence-corrected chi connectivity index (χ4v) is 5.19. The topological polar surface area (TPSA) is 42.2 Å². The highest BCUT2D eigenvalue weighted by atomic mass is 79.9. The maximum Gasteiger partial charge on any atom is 0.307 e. The van der Waals surface area contributed by atoms with Crippen molar-refractivity contribution in [3.63, 3.8) is 0 Å². The van der Waals surface area contributed by atoms with Gasteiger partial charge in [0.25, 0.3) is 0 Å². The zero-order valence-electron chi connectivity index (χ0n) is 15.8. The molecule has 146 valence electrons. The summed E-state index contributed by atoms with van der Waals surface area (Å²) in [5.41, 5.74) is 4.87. The van der Waals surface area contributed by atoms with Crippen LogP contribution in [0.2, 0.25) is 5.02 Å². The summed E-state index contributed by atoms with van der Waals surface area (Å²) in [4.78, 5) is 12.0. The molecule has 2 unspecified atom stereocenters. The SMILES string of the molecule is CCC(C(=O)O)C1CCCc2c1n(Cc1ccc(Cl)cc1)c1ccc(Br)cc21. The summed E-state index contributed by atoms with van der Waals surface area (Å²) in [5, 5.41) is 11.8. The molecule has 0 saturated carbocycles. The minimum atomic E-state index is -0.690. The van der Waals surface area contributed by atoms with Crippen LogP contribution in [-0.4, -0.2) is 15.6 Å². The van der Waals surface area contributed by atoms with Gasteiger partial charge in [0, 0.05) is 38.6 Å². The second-order valence-electron chi connectivity index (χ2n) is 7.59. The van der Waals surface area contributed by atoms with Crippen LogP contribution in [0.4, 0.5) is 0 Å². The summed E-state index contributed by atoms with van der Waals surface area (Å²) in [6.45, 7) is 2.70. The highest BCUT2D eigenvalue weighted by Gasteiger charge is 2.35. The van der Waals surface area contributed by atoms with Crippen molar-refractivity contribution in [1.29, 1.82) is 0 Å². The van der Waals surface area contributed by atoms with Gasteiger partial charge < -0.3 is 9.67 Å². The first-order valence-electron chi connectivity index (χ1n) is 9.77. The summed E-state index contributed by atoms with van der Waals surface area (Å²) in [7, 11) is 0. The summed E-state index contributed by atoms with van der Waals surface area (Å²) in [6.07, 6.45) is 3.61. The number of hydrogen-bond donors (Lipinski definition) is 1. The Kier molecular flexibility index (Phi) is 5.52. The number of aromatic nitrogens is 1. The van der Waals surface area contributed by atoms with Crippen molar-refractivity contribution in [2.75, 3.05) is 0 Å². The first kappa shape index (κ1) is 19.5. The molecule has 4 rings (SSSR count). The quantitative estimate of drug-likeness (QED) is 0.464. The Morgan fingerprint density at radius 1 is 1.29 bits per heavy atom. The van der Waals surface area contributed by atoms with Gasteiger partial charge in [-0.25, -0.2) is 0 Å². The molecule has 0 fully saturated rings. The summed E-state index contributed by atoms with van der Waals surface area (Å²) >= 11 is 9.67. The standard InChI is InChI=1S/C23H23BrClNO2/c1-2-17(23(27)28)18-4-3-5-19-20-12-15(24)8-11-21(20)26(22(18)19)13-14-6-9-16(25)10-7-14/h6-12,17-18H,2-5,13H2,1H3,(H,27,28). The molecule has 0 radical (unpaired) electrons. The minimum absolute atomic E-state index is 0.0460. The van der Waals surface area contributed by atoms with Crippen LogP contribution < -0.4 is 0 Å². The Hall–Kier alpha value is -1.78. The zero-order chi connectivity index (χ0) is 19.8. The molecule has 28 heavy (non-hydrogen) atoms. The van der Waals surface area contributed by atoms with Gasteiger partial charge in [0.15, 0.2) is 0 Å².